The van der Waals surface area contributed by atoms with Gasteiger partial charge in [0, 0.05) is 10.9 Å². The Labute approximate surface area is 160 Å². The maximum absolute atomic E-state index is 13.8. The molecule has 140 valence electrons. The Morgan fingerprint density at radius 3 is 2.64 bits per heavy atom. The van der Waals surface area contributed by atoms with Crippen LogP contribution in [0.1, 0.15) is 11.1 Å². The molecule has 0 saturated heterocycles. The molecule has 0 fully saturated rings. The van der Waals surface area contributed by atoms with Crippen LogP contribution >= 0.6 is 0 Å². The molecule has 3 aromatic carbocycles. The number of esters is 1. The predicted octanol–water partition coefficient (Wildman–Crippen LogP) is 3.10. The fourth-order valence-electron chi connectivity index (χ4n) is 3.20. The summed E-state index contributed by atoms with van der Waals surface area (Å²) in [6, 6.07) is 15.7. The van der Waals surface area contributed by atoms with Gasteiger partial charge >= 0.3 is 5.97 Å². The first-order valence-electron chi connectivity index (χ1n) is 8.30. The summed E-state index contributed by atoms with van der Waals surface area (Å²) < 4.78 is 45.5. The van der Waals surface area contributed by atoms with Gasteiger partial charge in [-0.3, -0.25) is 9.10 Å². The maximum atomic E-state index is 13.8. The molecule has 1 heterocycles. The zero-order valence-corrected chi connectivity index (χ0v) is 15.2. The predicted molar refractivity (Wildman–Crippen MR) is 99.4 cm³/mol. The summed E-state index contributed by atoms with van der Waals surface area (Å²) in [5.74, 6) is -1.44. The summed E-state index contributed by atoms with van der Waals surface area (Å²) in [6.07, 6.45) is 0. The minimum absolute atomic E-state index is 0.0436. The van der Waals surface area contributed by atoms with Crippen molar-refractivity contribution in [2.75, 3.05) is 10.8 Å². The average molecular weight is 396 g/mol. The molecule has 0 saturated carbocycles. The van der Waals surface area contributed by atoms with E-state index in [1.165, 1.54) is 18.2 Å². The van der Waals surface area contributed by atoms with Gasteiger partial charge in [-0.05, 0) is 35.7 Å². The Bertz CT molecular complexity index is 1260. The molecular formula is C20H13FN2O4S. The maximum Gasteiger partial charge on any atom is 0.327 e. The van der Waals surface area contributed by atoms with Crippen molar-refractivity contribution < 1.29 is 22.3 Å². The molecule has 6 nitrogen and oxygen atoms in total. The van der Waals surface area contributed by atoms with E-state index in [-0.39, 0.29) is 16.0 Å². The largest absolute Gasteiger partial charge is 0.459 e. The van der Waals surface area contributed by atoms with Gasteiger partial charge in [-0.25, -0.2) is 12.8 Å². The number of hydrogen-bond acceptors (Lipinski definition) is 5. The highest BCUT2D eigenvalue weighted by Gasteiger charge is 2.36. The number of nitriles is 1. The standard InChI is InChI=1S/C20H13FN2O4S/c21-16-8-7-13(10-22)9-15(16)12-27-19(24)11-23-17-5-1-3-14-4-2-6-18(20(14)17)28(23,25)26/h1-9H,11-12H2. The number of sulfonamides is 1. The van der Waals surface area contributed by atoms with Gasteiger partial charge in [0.2, 0.25) is 0 Å². The van der Waals surface area contributed by atoms with Crippen LogP contribution in [-0.2, 0) is 26.2 Å². The van der Waals surface area contributed by atoms with Crippen LogP contribution in [0.25, 0.3) is 10.8 Å². The van der Waals surface area contributed by atoms with E-state index in [0.717, 1.165) is 15.8 Å². The molecule has 1 aliphatic heterocycles. The first kappa shape index (κ1) is 17.9. The smallest absolute Gasteiger partial charge is 0.327 e. The lowest BCUT2D eigenvalue weighted by Gasteiger charge is -2.18. The number of nitrogens with zero attached hydrogens (tertiary/aromatic N) is 2. The molecule has 0 unspecified atom stereocenters. The van der Waals surface area contributed by atoms with Gasteiger partial charge in [0.15, 0.2) is 0 Å². The molecule has 0 amide bonds. The summed E-state index contributed by atoms with van der Waals surface area (Å²) >= 11 is 0. The van der Waals surface area contributed by atoms with E-state index in [0.29, 0.717) is 11.1 Å². The van der Waals surface area contributed by atoms with Gasteiger partial charge in [0.05, 0.1) is 22.2 Å². The van der Waals surface area contributed by atoms with Crippen LogP contribution < -0.4 is 4.31 Å². The summed E-state index contributed by atoms with van der Waals surface area (Å²) in [5.41, 5.74) is 0.682. The third-order valence-electron chi connectivity index (χ3n) is 4.52. The van der Waals surface area contributed by atoms with E-state index in [4.69, 9.17) is 10.00 Å². The summed E-state index contributed by atoms with van der Waals surface area (Å²) in [6.45, 7) is -0.930. The number of halogens is 1. The highest BCUT2D eigenvalue weighted by atomic mass is 32.2. The fraction of sp³-hybridized carbons (Fsp3) is 0.100. The Hall–Kier alpha value is -3.44. The Kier molecular flexibility index (Phi) is 4.24. The van der Waals surface area contributed by atoms with Crippen LogP contribution in [0.3, 0.4) is 0 Å². The molecule has 0 aliphatic carbocycles. The molecule has 3 aromatic rings. The van der Waals surface area contributed by atoms with Gasteiger partial charge in [-0.1, -0.05) is 24.3 Å². The number of rotatable bonds is 4. The lowest BCUT2D eigenvalue weighted by Crippen LogP contribution is -2.33. The number of anilines is 1. The van der Waals surface area contributed by atoms with E-state index in [9.17, 15) is 17.6 Å². The van der Waals surface area contributed by atoms with Crippen LogP contribution in [0, 0.1) is 17.1 Å². The van der Waals surface area contributed by atoms with Gasteiger partial charge in [0.1, 0.15) is 19.0 Å². The third kappa shape index (κ3) is 2.86. The summed E-state index contributed by atoms with van der Waals surface area (Å²) in [5, 5.41) is 10.2. The molecule has 0 atom stereocenters. The minimum atomic E-state index is -3.88. The molecule has 0 spiro atoms. The van der Waals surface area contributed by atoms with Gasteiger partial charge in [-0.15, -0.1) is 0 Å². The van der Waals surface area contributed by atoms with Crippen molar-refractivity contribution in [2.45, 2.75) is 11.5 Å². The van der Waals surface area contributed by atoms with Crippen LogP contribution in [0.4, 0.5) is 10.1 Å². The highest BCUT2D eigenvalue weighted by molar-refractivity contribution is 7.93. The van der Waals surface area contributed by atoms with Crippen LogP contribution in [0.5, 0.6) is 0 Å². The second-order valence-corrected chi connectivity index (χ2v) is 8.05. The average Bonchev–Trinajstić information content (AvgIpc) is 2.91. The van der Waals surface area contributed by atoms with E-state index >= 15 is 0 Å². The lowest BCUT2D eigenvalue weighted by molar-refractivity contribution is -0.143. The number of carbonyl (C=O) groups is 1. The van der Waals surface area contributed by atoms with E-state index in [2.05, 4.69) is 0 Å². The topological polar surface area (TPSA) is 87.5 Å². The van der Waals surface area contributed by atoms with Crippen LogP contribution in [0.2, 0.25) is 0 Å². The molecule has 0 aromatic heterocycles. The first-order chi connectivity index (χ1) is 13.4. The SMILES string of the molecule is N#Cc1ccc(F)c(COC(=O)CN2c3cccc4cccc(c34)S2(=O)=O)c1. The molecular weight excluding hydrogens is 383 g/mol. The van der Waals surface area contributed by atoms with Crippen molar-refractivity contribution in [2.24, 2.45) is 0 Å². The van der Waals surface area contributed by atoms with E-state index < -0.39 is 35.0 Å². The van der Waals surface area contributed by atoms with Gasteiger partial charge < -0.3 is 4.74 Å². The first-order valence-corrected chi connectivity index (χ1v) is 9.74. The number of ether oxygens (including phenoxy) is 1. The highest BCUT2D eigenvalue weighted by Crippen LogP contribution is 2.41. The molecule has 0 radical (unpaired) electrons. The Morgan fingerprint density at radius 2 is 1.89 bits per heavy atom. The van der Waals surface area contributed by atoms with Gasteiger partial charge in [-0.2, -0.15) is 5.26 Å². The van der Waals surface area contributed by atoms with Crippen molar-refractivity contribution in [3.8, 4) is 6.07 Å². The van der Waals surface area contributed by atoms with Crippen molar-refractivity contribution >= 4 is 32.5 Å². The zero-order valence-electron chi connectivity index (χ0n) is 14.4. The Morgan fingerprint density at radius 1 is 1.14 bits per heavy atom. The fourth-order valence-corrected chi connectivity index (χ4v) is 4.86. The number of benzene rings is 3. The second kappa shape index (κ2) is 6.62. The molecule has 0 N–H and O–H groups in total. The van der Waals surface area contributed by atoms with Crippen LogP contribution in [0.15, 0.2) is 59.5 Å². The van der Waals surface area contributed by atoms with Crippen molar-refractivity contribution in [1.82, 2.24) is 0 Å². The third-order valence-corrected chi connectivity index (χ3v) is 6.32. The van der Waals surface area contributed by atoms with Crippen molar-refractivity contribution in [3.63, 3.8) is 0 Å². The normalized spacial score (nSPS) is 14.1. The van der Waals surface area contributed by atoms with Crippen molar-refractivity contribution in [3.05, 3.63) is 71.5 Å². The monoisotopic (exact) mass is 396 g/mol. The molecule has 1 aliphatic rings. The Balaban J connectivity index is 1.56. The number of hydrogen-bond donors (Lipinski definition) is 0. The molecule has 0 bridgehead atoms. The van der Waals surface area contributed by atoms with Gasteiger partial charge in [0.25, 0.3) is 10.0 Å². The molecule has 28 heavy (non-hydrogen) atoms. The summed E-state index contributed by atoms with van der Waals surface area (Å²) in [4.78, 5) is 12.4. The second-order valence-electron chi connectivity index (χ2n) is 6.22. The molecule has 4 rings (SSSR count). The van der Waals surface area contributed by atoms with E-state index in [1.807, 2.05) is 6.07 Å². The number of carbonyl (C=O) groups excluding carboxylic acids is 1. The van der Waals surface area contributed by atoms with E-state index in [1.54, 1.807) is 30.3 Å². The minimum Gasteiger partial charge on any atom is -0.459 e. The lowest BCUT2D eigenvalue weighted by atomic mass is 10.1. The molecule has 8 heteroatoms. The summed E-state index contributed by atoms with van der Waals surface area (Å²) in [7, 11) is -3.88. The zero-order chi connectivity index (χ0) is 19.9. The van der Waals surface area contributed by atoms with Crippen molar-refractivity contribution in [1.29, 1.82) is 5.26 Å². The van der Waals surface area contributed by atoms with Crippen LogP contribution in [-0.4, -0.2) is 20.9 Å². The quantitative estimate of drug-likeness (QED) is 0.633.